The van der Waals surface area contributed by atoms with E-state index in [1.54, 1.807) is 23.3 Å². The number of carbonyl (C=O) groups is 1. The van der Waals surface area contributed by atoms with Gasteiger partial charge in [0, 0.05) is 23.8 Å². The average molecular weight is 391 g/mol. The maximum atomic E-state index is 12.6. The number of rotatable bonds is 6. The molecular formula is C19H16Cl2N2OS. The molecule has 0 saturated carbocycles. The van der Waals surface area contributed by atoms with E-state index in [-0.39, 0.29) is 10.4 Å². The van der Waals surface area contributed by atoms with Crippen LogP contribution in [0.15, 0.2) is 73.3 Å². The van der Waals surface area contributed by atoms with E-state index in [1.807, 2.05) is 54.6 Å². The summed E-state index contributed by atoms with van der Waals surface area (Å²) in [5, 5.41) is 0.470. The van der Waals surface area contributed by atoms with Gasteiger partial charge >= 0.3 is 0 Å². The monoisotopic (exact) mass is 390 g/mol. The van der Waals surface area contributed by atoms with Crippen LogP contribution in [0, 0.1) is 0 Å². The summed E-state index contributed by atoms with van der Waals surface area (Å²) in [6.07, 6.45) is 5.49. The van der Waals surface area contributed by atoms with Crippen molar-refractivity contribution in [2.24, 2.45) is 0 Å². The number of nitrogens with zero attached hydrogens (tertiary/aromatic N) is 2. The number of benzene rings is 2. The van der Waals surface area contributed by atoms with Crippen LogP contribution in [0.1, 0.15) is 21.9 Å². The average Bonchev–Trinajstić information content (AvgIpc) is 3.15. The van der Waals surface area contributed by atoms with E-state index >= 15 is 0 Å². The molecule has 2 aromatic carbocycles. The Morgan fingerprint density at radius 1 is 1.12 bits per heavy atom. The highest BCUT2D eigenvalue weighted by molar-refractivity contribution is 8.13. The van der Waals surface area contributed by atoms with Crippen LogP contribution in [0.5, 0.6) is 0 Å². The van der Waals surface area contributed by atoms with Crippen LogP contribution in [0.25, 0.3) is 0 Å². The molecular weight excluding hydrogens is 375 g/mol. The first-order chi connectivity index (χ1) is 12.1. The van der Waals surface area contributed by atoms with Gasteiger partial charge in [0.05, 0.1) is 11.6 Å². The van der Waals surface area contributed by atoms with Gasteiger partial charge in [0.2, 0.25) is 0 Å². The molecule has 3 rings (SSSR count). The zero-order valence-electron chi connectivity index (χ0n) is 13.3. The summed E-state index contributed by atoms with van der Waals surface area (Å²) >= 11 is 13.9. The Kier molecular flexibility index (Phi) is 6.19. The third-order valence-electron chi connectivity index (χ3n) is 3.71. The highest BCUT2D eigenvalue weighted by Gasteiger charge is 2.26. The number of aromatic nitrogens is 2. The number of imidazole rings is 1. The quantitative estimate of drug-likeness (QED) is 0.519. The minimum absolute atomic E-state index is 0.0666. The lowest BCUT2D eigenvalue weighted by molar-refractivity contribution is -0.110. The van der Waals surface area contributed by atoms with Crippen molar-refractivity contribution in [2.45, 2.75) is 17.2 Å². The van der Waals surface area contributed by atoms with Crippen molar-refractivity contribution >= 4 is 40.1 Å². The first-order valence-electron chi connectivity index (χ1n) is 7.74. The fourth-order valence-corrected chi connectivity index (χ4v) is 4.07. The molecule has 0 aliphatic heterocycles. The topological polar surface area (TPSA) is 34.9 Å². The first kappa shape index (κ1) is 18.1. The van der Waals surface area contributed by atoms with Crippen LogP contribution in [-0.2, 0) is 11.2 Å². The van der Waals surface area contributed by atoms with E-state index < -0.39 is 5.50 Å². The predicted molar refractivity (Wildman–Crippen MR) is 104 cm³/mol. The van der Waals surface area contributed by atoms with Gasteiger partial charge in [-0.3, -0.25) is 4.79 Å². The molecule has 1 aromatic heterocycles. The molecule has 3 aromatic rings. The minimum Gasteiger partial charge on any atom is -0.319 e. The number of alkyl halides is 1. The maximum absolute atomic E-state index is 12.6. The van der Waals surface area contributed by atoms with Gasteiger partial charge in [0.1, 0.15) is 5.50 Å². The van der Waals surface area contributed by atoms with Crippen molar-refractivity contribution in [1.82, 2.24) is 9.55 Å². The molecule has 128 valence electrons. The van der Waals surface area contributed by atoms with Gasteiger partial charge in [0.15, 0.2) is 5.12 Å². The van der Waals surface area contributed by atoms with E-state index in [1.165, 1.54) is 11.8 Å². The van der Waals surface area contributed by atoms with Gasteiger partial charge in [-0.1, -0.05) is 77.4 Å². The molecule has 1 heterocycles. The summed E-state index contributed by atoms with van der Waals surface area (Å²) in [6, 6.07) is 17.1. The second-order valence-corrected chi connectivity index (χ2v) is 7.59. The Morgan fingerprint density at radius 2 is 1.84 bits per heavy atom. The summed E-state index contributed by atoms with van der Waals surface area (Å²) in [4.78, 5) is 16.6. The minimum atomic E-state index is -0.437. The SMILES string of the molecule is O=C(Cc1ccccc1)SC(c1ccc(Cl)cc1)C(Cl)n1ccnc1. The molecule has 0 spiro atoms. The molecule has 0 aliphatic rings. The number of hydrogen-bond donors (Lipinski definition) is 0. The Morgan fingerprint density at radius 3 is 2.48 bits per heavy atom. The summed E-state index contributed by atoms with van der Waals surface area (Å²) in [7, 11) is 0. The largest absolute Gasteiger partial charge is 0.319 e. The Balaban J connectivity index is 1.80. The van der Waals surface area contributed by atoms with E-state index in [2.05, 4.69) is 4.98 Å². The van der Waals surface area contributed by atoms with Gasteiger partial charge in [-0.25, -0.2) is 4.98 Å². The number of thioether (sulfide) groups is 1. The lowest BCUT2D eigenvalue weighted by Crippen LogP contribution is -2.12. The van der Waals surface area contributed by atoms with Gasteiger partial charge < -0.3 is 4.57 Å². The number of carbonyl (C=O) groups excluding carboxylic acids is 1. The zero-order chi connectivity index (χ0) is 17.6. The third kappa shape index (κ3) is 4.88. The van der Waals surface area contributed by atoms with Gasteiger partial charge in [-0.05, 0) is 23.3 Å². The smallest absolute Gasteiger partial charge is 0.194 e. The molecule has 0 fully saturated rings. The molecule has 2 atom stereocenters. The van der Waals surface area contributed by atoms with Crippen molar-refractivity contribution in [3.8, 4) is 0 Å². The molecule has 0 radical (unpaired) electrons. The van der Waals surface area contributed by atoms with Gasteiger partial charge in [-0.2, -0.15) is 0 Å². The van der Waals surface area contributed by atoms with E-state index in [9.17, 15) is 4.79 Å². The standard InChI is InChI=1S/C19H16Cl2N2OS/c20-16-8-6-15(7-9-16)18(19(21)23-11-10-22-13-23)25-17(24)12-14-4-2-1-3-5-14/h1-11,13,18-19H,12H2. The number of hydrogen-bond acceptors (Lipinski definition) is 3. The Labute approximate surface area is 161 Å². The molecule has 0 N–H and O–H groups in total. The second-order valence-electron chi connectivity index (χ2n) is 5.51. The van der Waals surface area contributed by atoms with Crippen molar-refractivity contribution in [1.29, 1.82) is 0 Å². The first-order valence-corrected chi connectivity index (χ1v) is 9.43. The van der Waals surface area contributed by atoms with Gasteiger partial charge in [0.25, 0.3) is 0 Å². The van der Waals surface area contributed by atoms with Crippen LogP contribution in [0.4, 0.5) is 0 Å². The van der Waals surface area contributed by atoms with Crippen molar-refractivity contribution in [3.05, 3.63) is 89.5 Å². The van der Waals surface area contributed by atoms with Crippen LogP contribution in [-0.4, -0.2) is 14.7 Å². The van der Waals surface area contributed by atoms with E-state index in [0.29, 0.717) is 11.4 Å². The van der Waals surface area contributed by atoms with Crippen molar-refractivity contribution in [2.75, 3.05) is 0 Å². The normalized spacial score (nSPS) is 13.4. The van der Waals surface area contributed by atoms with E-state index in [4.69, 9.17) is 23.2 Å². The summed E-state index contributed by atoms with van der Waals surface area (Å²) in [6.45, 7) is 0. The molecule has 0 saturated heterocycles. The highest BCUT2D eigenvalue weighted by atomic mass is 35.5. The fourth-order valence-electron chi connectivity index (χ4n) is 2.45. The molecule has 3 nitrogen and oxygen atoms in total. The predicted octanol–water partition coefficient (Wildman–Crippen LogP) is 5.52. The lowest BCUT2D eigenvalue weighted by atomic mass is 10.1. The lowest BCUT2D eigenvalue weighted by Gasteiger charge is -2.22. The molecule has 25 heavy (non-hydrogen) atoms. The molecule has 0 bridgehead atoms. The van der Waals surface area contributed by atoms with Crippen LogP contribution < -0.4 is 0 Å². The summed E-state index contributed by atoms with van der Waals surface area (Å²) in [5.74, 6) is 0. The van der Waals surface area contributed by atoms with Crippen LogP contribution in [0.2, 0.25) is 5.02 Å². The Bertz CT molecular complexity index is 807. The fraction of sp³-hybridized carbons (Fsp3) is 0.158. The molecule has 0 amide bonds. The Hall–Kier alpha value is -1.75. The number of halogens is 2. The van der Waals surface area contributed by atoms with Gasteiger partial charge in [-0.15, -0.1) is 0 Å². The summed E-state index contributed by atoms with van der Waals surface area (Å²) in [5.41, 5.74) is 1.50. The molecule has 2 unspecified atom stereocenters. The van der Waals surface area contributed by atoms with Crippen molar-refractivity contribution < 1.29 is 4.79 Å². The van der Waals surface area contributed by atoms with Crippen molar-refractivity contribution in [3.63, 3.8) is 0 Å². The zero-order valence-corrected chi connectivity index (χ0v) is 15.6. The molecule has 6 heteroatoms. The van der Waals surface area contributed by atoms with Crippen LogP contribution >= 0.6 is 35.0 Å². The summed E-state index contributed by atoms with van der Waals surface area (Å²) < 4.78 is 1.80. The molecule has 0 aliphatic carbocycles. The highest BCUT2D eigenvalue weighted by Crippen LogP contribution is 2.42. The van der Waals surface area contributed by atoms with E-state index in [0.717, 1.165) is 11.1 Å². The van der Waals surface area contributed by atoms with Crippen LogP contribution in [0.3, 0.4) is 0 Å². The second kappa shape index (κ2) is 8.56. The maximum Gasteiger partial charge on any atom is 0.194 e. The third-order valence-corrected chi connectivity index (χ3v) is 5.78.